The van der Waals surface area contributed by atoms with Gasteiger partial charge in [0.25, 0.3) is 0 Å². The summed E-state index contributed by atoms with van der Waals surface area (Å²) in [5.41, 5.74) is 0. The van der Waals surface area contributed by atoms with Gasteiger partial charge in [0.2, 0.25) is 0 Å². The Kier molecular flexibility index (Phi) is 9.28. The standard InChI is InChI=1S/C19H35NO4S/c1-6-14-10-7-8-12-16(21)18(14)15(11-9-13-17(22)24-5)20-25(23)19(2,3)4/h14-15,18,20H,6-13H2,1-5H3/t14-,15+,18-,25?/m0/s1. The van der Waals surface area contributed by atoms with E-state index in [-0.39, 0.29) is 23.7 Å². The molecule has 1 fully saturated rings. The summed E-state index contributed by atoms with van der Waals surface area (Å²) in [7, 11) is 0.143. The van der Waals surface area contributed by atoms with Crippen LogP contribution >= 0.6 is 0 Å². The van der Waals surface area contributed by atoms with E-state index in [4.69, 9.17) is 4.74 Å². The lowest BCUT2D eigenvalue weighted by Crippen LogP contribution is -2.47. The number of Topliss-reactive ketones (excluding diaryl/α,β-unsaturated/α-hetero) is 1. The van der Waals surface area contributed by atoms with E-state index in [0.29, 0.717) is 31.6 Å². The van der Waals surface area contributed by atoms with E-state index in [2.05, 4.69) is 11.6 Å². The predicted octanol–water partition coefficient (Wildman–Crippen LogP) is 3.54. The molecule has 0 aliphatic heterocycles. The largest absolute Gasteiger partial charge is 0.469 e. The third-order valence-corrected chi connectivity index (χ3v) is 6.65. The Balaban J connectivity index is 2.94. The van der Waals surface area contributed by atoms with Crippen molar-refractivity contribution in [3.8, 4) is 0 Å². The number of carbonyl (C=O) groups is 2. The van der Waals surface area contributed by atoms with E-state index >= 15 is 0 Å². The summed E-state index contributed by atoms with van der Waals surface area (Å²) in [5, 5.41) is 0. The van der Waals surface area contributed by atoms with E-state index in [1.54, 1.807) is 0 Å². The van der Waals surface area contributed by atoms with Crippen LogP contribution in [-0.4, -0.2) is 33.9 Å². The molecule has 25 heavy (non-hydrogen) atoms. The Bertz CT molecular complexity index is 473. The molecule has 0 aromatic carbocycles. The van der Waals surface area contributed by atoms with Crippen LogP contribution in [0.4, 0.5) is 0 Å². The molecule has 1 N–H and O–H groups in total. The van der Waals surface area contributed by atoms with Gasteiger partial charge in [0, 0.05) is 24.8 Å². The maximum absolute atomic E-state index is 12.8. The summed E-state index contributed by atoms with van der Waals surface area (Å²) < 4.78 is 20.2. The van der Waals surface area contributed by atoms with Gasteiger partial charge in [-0.3, -0.25) is 9.59 Å². The van der Waals surface area contributed by atoms with Crippen LogP contribution in [0.3, 0.4) is 0 Å². The molecule has 0 amide bonds. The van der Waals surface area contributed by atoms with Gasteiger partial charge in [-0.2, -0.15) is 0 Å². The van der Waals surface area contributed by atoms with Gasteiger partial charge < -0.3 is 4.74 Å². The topological polar surface area (TPSA) is 72.5 Å². The number of methoxy groups -OCH3 is 1. The maximum atomic E-state index is 12.8. The number of ether oxygens (including phenoxy) is 1. The van der Waals surface area contributed by atoms with Gasteiger partial charge in [0.1, 0.15) is 5.78 Å². The number of nitrogens with one attached hydrogen (secondary N) is 1. The summed E-state index contributed by atoms with van der Waals surface area (Å²) in [4.78, 5) is 24.2. The fraction of sp³-hybridized carbons (Fsp3) is 0.895. The Labute approximate surface area is 155 Å². The molecule has 0 radical (unpaired) electrons. The molecule has 1 saturated carbocycles. The maximum Gasteiger partial charge on any atom is 0.305 e. The number of rotatable bonds is 8. The molecule has 1 rings (SSSR count). The molecule has 1 aliphatic carbocycles. The molecule has 0 aromatic heterocycles. The average Bonchev–Trinajstić information content (AvgIpc) is 2.73. The number of carbonyl (C=O) groups excluding carboxylic acids is 2. The Morgan fingerprint density at radius 1 is 1.36 bits per heavy atom. The first-order chi connectivity index (χ1) is 11.7. The fourth-order valence-corrected chi connectivity index (χ4v) is 4.41. The number of esters is 1. The fourth-order valence-electron chi connectivity index (χ4n) is 3.52. The minimum atomic E-state index is -1.24. The Morgan fingerprint density at radius 3 is 2.60 bits per heavy atom. The van der Waals surface area contributed by atoms with Crippen LogP contribution in [0.2, 0.25) is 0 Å². The van der Waals surface area contributed by atoms with E-state index in [1.165, 1.54) is 7.11 Å². The molecule has 0 bridgehead atoms. The van der Waals surface area contributed by atoms with E-state index in [1.807, 2.05) is 20.8 Å². The van der Waals surface area contributed by atoms with Crippen LogP contribution in [-0.2, 0) is 25.3 Å². The van der Waals surface area contributed by atoms with Gasteiger partial charge in [-0.1, -0.05) is 19.8 Å². The molecule has 0 aromatic rings. The second kappa shape index (κ2) is 10.4. The normalized spacial score (nSPS) is 24.4. The number of ketones is 1. The third kappa shape index (κ3) is 7.18. The molecule has 0 saturated heterocycles. The highest BCUT2D eigenvalue weighted by Gasteiger charge is 2.37. The van der Waals surface area contributed by atoms with Crippen molar-refractivity contribution < 1.29 is 18.5 Å². The molecule has 6 heteroatoms. The van der Waals surface area contributed by atoms with Gasteiger partial charge in [-0.25, -0.2) is 8.93 Å². The van der Waals surface area contributed by atoms with Gasteiger partial charge >= 0.3 is 5.97 Å². The first-order valence-corrected chi connectivity index (χ1v) is 10.6. The van der Waals surface area contributed by atoms with Crippen LogP contribution < -0.4 is 4.72 Å². The summed E-state index contributed by atoms with van der Waals surface area (Å²) >= 11 is 0. The van der Waals surface area contributed by atoms with Crippen molar-refractivity contribution in [2.24, 2.45) is 11.8 Å². The number of hydrogen-bond donors (Lipinski definition) is 1. The molecule has 5 nitrogen and oxygen atoms in total. The molecule has 1 unspecified atom stereocenters. The zero-order valence-corrected chi connectivity index (χ0v) is 17.2. The molecule has 0 heterocycles. The summed E-state index contributed by atoms with van der Waals surface area (Å²) in [6.45, 7) is 7.90. The molecule has 146 valence electrons. The van der Waals surface area contributed by atoms with E-state index < -0.39 is 15.7 Å². The van der Waals surface area contributed by atoms with Crippen molar-refractivity contribution in [2.45, 2.75) is 89.9 Å². The lowest BCUT2D eigenvalue weighted by molar-refractivity contribution is -0.140. The first kappa shape index (κ1) is 22.3. The minimum absolute atomic E-state index is 0.114. The molecule has 1 aliphatic rings. The van der Waals surface area contributed by atoms with E-state index in [0.717, 1.165) is 25.7 Å². The second-order valence-corrected chi connectivity index (χ2v) is 9.98. The van der Waals surface area contributed by atoms with Crippen LogP contribution in [0.25, 0.3) is 0 Å². The average molecular weight is 374 g/mol. The van der Waals surface area contributed by atoms with Crippen molar-refractivity contribution in [3.63, 3.8) is 0 Å². The quantitative estimate of drug-likeness (QED) is 0.522. The second-order valence-electron chi connectivity index (χ2n) is 7.98. The zero-order valence-electron chi connectivity index (χ0n) is 16.4. The summed E-state index contributed by atoms with van der Waals surface area (Å²) in [6, 6.07) is -0.153. The monoisotopic (exact) mass is 373 g/mol. The minimum Gasteiger partial charge on any atom is -0.469 e. The third-order valence-electron chi connectivity index (χ3n) is 5.02. The zero-order chi connectivity index (χ0) is 19.0. The molecular weight excluding hydrogens is 338 g/mol. The smallest absolute Gasteiger partial charge is 0.305 e. The predicted molar refractivity (Wildman–Crippen MR) is 101 cm³/mol. The van der Waals surface area contributed by atoms with Gasteiger partial charge in [-0.05, 0) is 52.4 Å². The summed E-state index contributed by atoms with van der Waals surface area (Å²) in [6.07, 6.45) is 6.25. The number of hydrogen-bond acceptors (Lipinski definition) is 4. The van der Waals surface area contributed by atoms with E-state index in [9.17, 15) is 13.8 Å². The first-order valence-electron chi connectivity index (χ1n) is 9.48. The van der Waals surface area contributed by atoms with Crippen molar-refractivity contribution >= 4 is 22.7 Å². The highest BCUT2D eigenvalue weighted by Crippen LogP contribution is 2.33. The van der Waals surface area contributed by atoms with Gasteiger partial charge in [0.15, 0.2) is 0 Å². The van der Waals surface area contributed by atoms with Crippen LogP contribution in [0.5, 0.6) is 0 Å². The molecule has 4 atom stereocenters. The Hall–Kier alpha value is -0.750. The van der Waals surface area contributed by atoms with Crippen LogP contribution in [0.15, 0.2) is 0 Å². The SMILES string of the molecule is CC[C@H]1CCCCC(=O)[C@@H]1[C@@H](CCCC(=O)OC)NS(=O)C(C)(C)C. The lowest BCUT2D eigenvalue weighted by Gasteiger charge is -2.33. The van der Waals surface area contributed by atoms with Gasteiger partial charge in [-0.15, -0.1) is 0 Å². The van der Waals surface area contributed by atoms with Crippen molar-refractivity contribution in [1.29, 1.82) is 0 Å². The van der Waals surface area contributed by atoms with Gasteiger partial charge in [0.05, 0.1) is 22.8 Å². The molecular formula is C19H35NO4S. The lowest BCUT2D eigenvalue weighted by atomic mass is 9.79. The van der Waals surface area contributed by atoms with Crippen molar-refractivity contribution in [1.82, 2.24) is 4.72 Å². The highest BCUT2D eigenvalue weighted by molar-refractivity contribution is 7.84. The van der Waals surface area contributed by atoms with Crippen molar-refractivity contribution in [2.75, 3.05) is 7.11 Å². The summed E-state index contributed by atoms with van der Waals surface area (Å²) in [5.74, 6) is 0.250. The Morgan fingerprint density at radius 2 is 2.04 bits per heavy atom. The van der Waals surface area contributed by atoms with Crippen LogP contribution in [0.1, 0.15) is 79.1 Å². The highest BCUT2D eigenvalue weighted by atomic mass is 32.2. The molecule has 0 spiro atoms. The van der Waals surface area contributed by atoms with Crippen LogP contribution in [0, 0.1) is 11.8 Å². The van der Waals surface area contributed by atoms with Crippen molar-refractivity contribution in [3.05, 3.63) is 0 Å².